The fourth-order valence-electron chi connectivity index (χ4n) is 1.45. The maximum atomic E-state index is 10.9. The first-order valence-electron chi connectivity index (χ1n) is 3.61. The molecule has 2 aliphatic rings. The molecule has 0 radical (unpaired) electrons. The molecule has 0 spiro atoms. The first-order valence-corrected chi connectivity index (χ1v) is 3.61. The molecule has 1 heterocycles. The SMILES string of the molecule is O=C1CC(C2CC2)C(=O)N1. The molecule has 2 amide bonds. The molecule has 1 atom stereocenters. The van der Waals surface area contributed by atoms with Crippen LogP contribution < -0.4 is 5.32 Å². The van der Waals surface area contributed by atoms with Crippen LogP contribution in [0.4, 0.5) is 0 Å². The van der Waals surface area contributed by atoms with E-state index in [1.165, 1.54) is 0 Å². The van der Waals surface area contributed by atoms with Crippen molar-refractivity contribution in [1.29, 1.82) is 0 Å². The Morgan fingerprint density at radius 1 is 1.30 bits per heavy atom. The highest BCUT2D eigenvalue weighted by atomic mass is 16.2. The van der Waals surface area contributed by atoms with Crippen LogP contribution in [0.5, 0.6) is 0 Å². The molecule has 1 aliphatic carbocycles. The highest BCUT2D eigenvalue weighted by Crippen LogP contribution is 2.40. The topological polar surface area (TPSA) is 46.2 Å². The van der Waals surface area contributed by atoms with Crippen molar-refractivity contribution in [2.24, 2.45) is 11.8 Å². The molecule has 3 heteroatoms. The second-order valence-corrected chi connectivity index (χ2v) is 3.06. The Labute approximate surface area is 58.8 Å². The third-order valence-corrected chi connectivity index (χ3v) is 2.20. The van der Waals surface area contributed by atoms with Crippen molar-refractivity contribution < 1.29 is 9.59 Å². The summed E-state index contributed by atoms with van der Waals surface area (Å²) in [5, 5.41) is 2.31. The fraction of sp³-hybridized carbons (Fsp3) is 0.714. The largest absolute Gasteiger partial charge is 0.296 e. The lowest BCUT2D eigenvalue weighted by Crippen LogP contribution is -2.22. The highest BCUT2D eigenvalue weighted by Gasteiger charge is 2.41. The van der Waals surface area contributed by atoms with E-state index in [2.05, 4.69) is 5.32 Å². The number of carbonyl (C=O) groups is 2. The molecular weight excluding hydrogens is 130 g/mol. The van der Waals surface area contributed by atoms with Gasteiger partial charge in [-0.15, -0.1) is 0 Å². The van der Waals surface area contributed by atoms with Crippen LogP contribution in [0.3, 0.4) is 0 Å². The summed E-state index contributed by atoms with van der Waals surface area (Å²) in [5.74, 6) is 0.397. The lowest BCUT2D eigenvalue weighted by atomic mass is 10.0. The Morgan fingerprint density at radius 3 is 2.40 bits per heavy atom. The molecule has 1 saturated carbocycles. The molecule has 0 aromatic rings. The third kappa shape index (κ3) is 0.818. The number of imide groups is 1. The van der Waals surface area contributed by atoms with E-state index in [1.54, 1.807) is 0 Å². The van der Waals surface area contributed by atoms with Gasteiger partial charge < -0.3 is 0 Å². The monoisotopic (exact) mass is 139 g/mol. The fourth-order valence-corrected chi connectivity index (χ4v) is 1.45. The van der Waals surface area contributed by atoms with Crippen molar-refractivity contribution in [3.05, 3.63) is 0 Å². The summed E-state index contributed by atoms with van der Waals surface area (Å²) in [6.07, 6.45) is 2.69. The van der Waals surface area contributed by atoms with Crippen LogP contribution in [-0.4, -0.2) is 11.8 Å². The van der Waals surface area contributed by atoms with E-state index in [4.69, 9.17) is 0 Å². The van der Waals surface area contributed by atoms with Gasteiger partial charge in [0.25, 0.3) is 0 Å². The predicted molar refractivity (Wildman–Crippen MR) is 34.0 cm³/mol. The van der Waals surface area contributed by atoms with Crippen LogP contribution in [0.25, 0.3) is 0 Å². The van der Waals surface area contributed by atoms with E-state index in [0.717, 1.165) is 12.8 Å². The van der Waals surface area contributed by atoms with Gasteiger partial charge in [-0.1, -0.05) is 0 Å². The van der Waals surface area contributed by atoms with Crippen LogP contribution in [0, 0.1) is 11.8 Å². The summed E-state index contributed by atoms with van der Waals surface area (Å²) in [7, 11) is 0. The normalized spacial score (nSPS) is 32.6. The zero-order valence-electron chi connectivity index (χ0n) is 5.59. The summed E-state index contributed by atoms with van der Waals surface area (Å²) in [6, 6.07) is 0. The zero-order valence-corrected chi connectivity index (χ0v) is 5.59. The molecule has 1 N–H and O–H groups in total. The average molecular weight is 139 g/mol. The van der Waals surface area contributed by atoms with Gasteiger partial charge in [-0.3, -0.25) is 14.9 Å². The predicted octanol–water partition coefficient (Wildman–Crippen LogP) is 0.0591. The van der Waals surface area contributed by atoms with Crippen LogP contribution in [0.15, 0.2) is 0 Å². The van der Waals surface area contributed by atoms with E-state index < -0.39 is 0 Å². The molecule has 2 rings (SSSR count). The standard InChI is InChI=1S/C7H9NO2/c9-6-3-5(4-1-2-4)7(10)8-6/h4-5H,1-3H2,(H,8,9,10). The van der Waals surface area contributed by atoms with Crippen molar-refractivity contribution in [2.75, 3.05) is 0 Å². The van der Waals surface area contributed by atoms with Gasteiger partial charge in [0.1, 0.15) is 0 Å². The molecule has 0 aromatic carbocycles. The van der Waals surface area contributed by atoms with Crippen LogP contribution >= 0.6 is 0 Å². The van der Waals surface area contributed by atoms with E-state index in [9.17, 15) is 9.59 Å². The van der Waals surface area contributed by atoms with Gasteiger partial charge in [-0.25, -0.2) is 0 Å². The minimum atomic E-state index is -0.0955. The quantitative estimate of drug-likeness (QED) is 0.522. The smallest absolute Gasteiger partial charge is 0.230 e. The van der Waals surface area contributed by atoms with Crippen LogP contribution in [0.2, 0.25) is 0 Å². The van der Waals surface area contributed by atoms with Gasteiger partial charge in [-0.05, 0) is 18.8 Å². The molecule has 1 aliphatic heterocycles. The highest BCUT2D eigenvalue weighted by molar-refractivity contribution is 6.03. The van der Waals surface area contributed by atoms with Gasteiger partial charge in [0, 0.05) is 12.3 Å². The summed E-state index contributed by atoms with van der Waals surface area (Å²) < 4.78 is 0. The summed E-state index contributed by atoms with van der Waals surface area (Å²) >= 11 is 0. The Balaban J connectivity index is 2.08. The van der Waals surface area contributed by atoms with Crippen molar-refractivity contribution in [3.8, 4) is 0 Å². The molecule has 54 valence electrons. The number of amides is 2. The lowest BCUT2D eigenvalue weighted by Gasteiger charge is -1.98. The van der Waals surface area contributed by atoms with E-state index >= 15 is 0 Å². The molecule has 0 aromatic heterocycles. The zero-order chi connectivity index (χ0) is 7.14. The minimum absolute atomic E-state index is 0.0208. The maximum Gasteiger partial charge on any atom is 0.230 e. The number of nitrogens with one attached hydrogen (secondary N) is 1. The summed E-state index contributed by atoms with van der Waals surface area (Å²) in [6.45, 7) is 0. The molecule has 1 unspecified atom stereocenters. The second-order valence-electron chi connectivity index (χ2n) is 3.06. The molecule has 0 bridgehead atoms. The number of rotatable bonds is 1. The van der Waals surface area contributed by atoms with E-state index in [0.29, 0.717) is 12.3 Å². The Hall–Kier alpha value is -0.860. The first-order chi connectivity index (χ1) is 4.77. The maximum absolute atomic E-state index is 10.9. The third-order valence-electron chi connectivity index (χ3n) is 2.20. The van der Waals surface area contributed by atoms with E-state index in [-0.39, 0.29) is 17.7 Å². The Kier molecular flexibility index (Phi) is 1.07. The Morgan fingerprint density at radius 2 is 2.00 bits per heavy atom. The van der Waals surface area contributed by atoms with Gasteiger partial charge >= 0.3 is 0 Å². The molecule has 3 nitrogen and oxygen atoms in total. The second kappa shape index (κ2) is 1.81. The minimum Gasteiger partial charge on any atom is -0.296 e. The first kappa shape index (κ1) is 5.89. The molecular formula is C7H9NO2. The van der Waals surface area contributed by atoms with Crippen LogP contribution in [0.1, 0.15) is 19.3 Å². The van der Waals surface area contributed by atoms with Gasteiger partial charge in [0.05, 0.1) is 0 Å². The summed E-state index contributed by atoms with van der Waals surface area (Å²) in [4.78, 5) is 21.6. The number of hydrogen-bond donors (Lipinski definition) is 1. The summed E-state index contributed by atoms with van der Waals surface area (Å²) in [5.41, 5.74) is 0. The molecule has 2 fully saturated rings. The van der Waals surface area contributed by atoms with Crippen LogP contribution in [-0.2, 0) is 9.59 Å². The molecule has 10 heavy (non-hydrogen) atoms. The lowest BCUT2D eigenvalue weighted by molar-refractivity contribution is -0.126. The average Bonchev–Trinajstić information content (AvgIpc) is 2.61. The Bertz CT molecular complexity index is 196. The number of hydrogen-bond acceptors (Lipinski definition) is 2. The van der Waals surface area contributed by atoms with Crippen molar-refractivity contribution in [1.82, 2.24) is 5.32 Å². The van der Waals surface area contributed by atoms with Crippen molar-refractivity contribution >= 4 is 11.8 Å². The van der Waals surface area contributed by atoms with Gasteiger partial charge in [-0.2, -0.15) is 0 Å². The van der Waals surface area contributed by atoms with Gasteiger partial charge in [0.2, 0.25) is 11.8 Å². The molecule has 1 saturated heterocycles. The van der Waals surface area contributed by atoms with E-state index in [1.807, 2.05) is 0 Å². The van der Waals surface area contributed by atoms with Gasteiger partial charge in [0.15, 0.2) is 0 Å². The number of carbonyl (C=O) groups excluding carboxylic acids is 2. The van der Waals surface area contributed by atoms with Crippen molar-refractivity contribution in [3.63, 3.8) is 0 Å². The van der Waals surface area contributed by atoms with Crippen molar-refractivity contribution in [2.45, 2.75) is 19.3 Å².